The highest BCUT2D eigenvalue weighted by molar-refractivity contribution is 5.75. The van der Waals surface area contributed by atoms with E-state index >= 15 is 0 Å². The number of nitrogens with zero attached hydrogens (tertiary/aromatic N) is 2. The lowest BCUT2D eigenvalue weighted by Gasteiger charge is -1.96. The molecule has 66 valence electrons. The molecule has 0 aliphatic rings. The number of imidazole rings is 1. The first-order chi connectivity index (χ1) is 6.25. The van der Waals surface area contributed by atoms with Crippen LogP contribution in [0.25, 0.3) is 11.0 Å². The third-order valence-corrected chi connectivity index (χ3v) is 1.47. The van der Waals surface area contributed by atoms with Crippen molar-refractivity contribution in [3.63, 3.8) is 0 Å². The normalized spacial score (nSPS) is 10.2. The molecule has 0 bridgehead atoms. The summed E-state index contributed by atoms with van der Waals surface area (Å²) in [5, 5.41) is 8.30. The van der Waals surface area contributed by atoms with E-state index in [0.717, 1.165) is 5.52 Å². The van der Waals surface area contributed by atoms with Crippen LogP contribution in [0.3, 0.4) is 0 Å². The van der Waals surface area contributed by atoms with Crippen LogP contribution in [0, 0.1) is 0 Å². The predicted octanol–water partition coefficient (Wildman–Crippen LogP) is 1.01. The fourth-order valence-corrected chi connectivity index (χ4v) is 0.961. The second-order valence-electron chi connectivity index (χ2n) is 2.31. The standard InChI is InChI=1S/C7H5N3O3/c11-7(12)13-6-1-4-5(2-8-6)10-3-9-4/h1-3H,(H,9,10)(H,11,12). The molecule has 13 heavy (non-hydrogen) atoms. The Morgan fingerprint density at radius 1 is 1.54 bits per heavy atom. The lowest BCUT2D eigenvalue weighted by atomic mass is 10.4. The number of aromatic nitrogens is 3. The fourth-order valence-electron chi connectivity index (χ4n) is 0.961. The van der Waals surface area contributed by atoms with Gasteiger partial charge in [-0.3, -0.25) is 0 Å². The van der Waals surface area contributed by atoms with Gasteiger partial charge in [-0.25, -0.2) is 14.8 Å². The van der Waals surface area contributed by atoms with E-state index in [4.69, 9.17) is 5.11 Å². The zero-order chi connectivity index (χ0) is 9.26. The summed E-state index contributed by atoms with van der Waals surface area (Å²) in [5.74, 6) is 0.0205. The minimum atomic E-state index is -1.39. The Bertz CT molecular complexity index is 451. The zero-order valence-corrected chi connectivity index (χ0v) is 6.39. The highest BCUT2D eigenvalue weighted by Gasteiger charge is 2.04. The molecule has 2 N–H and O–H groups in total. The summed E-state index contributed by atoms with van der Waals surface area (Å²) in [7, 11) is 0. The van der Waals surface area contributed by atoms with Crippen LogP contribution < -0.4 is 4.74 Å². The van der Waals surface area contributed by atoms with Crippen LogP contribution in [0.2, 0.25) is 0 Å². The first kappa shape index (κ1) is 7.53. The van der Waals surface area contributed by atoms with E-state index in [1.807, 2.05) is 0 Å². The summed E-state index contributed by atoms with van der Waals surface area (Å²) in [6.45, 7) is 0. The van der Waals surface area contributed by atoms with Gasteiger partial charge in [0.2, 0.25) is 5.88 Å². The number of H-pyrrole nitrogens is 1. The molecule has 0 radical (unpaired) electrons. The first-order valence-electron chi connectivity index (χ1n) is 3.45. The van der Waals surface area contributed by atoms with Crippen LogP contribution >= 0.6 is 0 Å². The maximum Gasteiger partial charge on any atom is 0.512 e. The van der Waals surface area contributed by atoms with E-state index in [9.17, 15) is 4.79 Å². The lowest BCUT2D eigenvalue weighted by molar-refractivity contribution is 0.142. The Morgan fingerprint density at radius 3 is 3.15 bits per heavy atom. The zero-order valence-electron chi connectivity index (χ0n) is 6.39. The van der Waals surface area contributed by atoms with Gasteiger partial charge in [-0.1, -0.05) is 0 Å². The Hall–Kier alpha value is -2.11. The van der Waals surface area contributed by atoms with Gasteiger partial charge in [-0.2, -0.15) is 0 Å². The number of pyridine rings is 1. The predicted molar refractivity (Wildman–Crippen MR) is 42.5 cm³/mol. The first-order valence-corrected chi connectivity index (χ1v) is 3.45. The number of carbonyl (C=O) groups is 1. The van der Waals surface area contributed by atoms with Crippen molar-refractivity contribution in [3.05, 3.63) is 18.6 Å². The molecule has 0 unspecified atom stereocenters. The van der Waals surface area contributed by atoms with E-state index in [0.29, 0.717) is 5.52 Å². The number of hydrogen-bond acceptors (Lipinski definition) is 4. The Balaban J connectivity index is 2.42. The van der Waals surface area contributed by atoms with Crippen molar-refractivity contribution in [1.29, 1.82) is 0 Å². The van der Waals surface area contributed by atoms with E-state index < -0.39 is 6.16 Å². The second-order valence-corrected chi connectivity index (χ2v) is 2.31. The molecule has 2 aromatic heterocycles. The van der Waals surface area contributed by atoms with Gasteiger partial charge in [-0.15, -0.1) is 0 Å². The van der Waals surface area contributed by atoms with Gasteiger partial charge in [0, 0.05) is 6.07 Å². The van der Waals surface area contributed by atoms with Gasteiger partial charge in [0.05, 0.1) is 23.6 Å². The van der Waals surface area contributed by atoms with Crippen LogP contribution in [-0.2, 0) is 0 Å². The van der Waals surface area contributed by atoms with Gasteiger partial charge in [-0.05, 0) is 0 Å². The molecule has 6 heteroatoms. The van der Waals surface area contributed by atoms with Gasteiger partial charge in [0.1, 0.15) is 0 Å². The number of ether oxygens (including phenoxy) is 1. The van der Waals surface area contributed by atoms with Crippen LogP contribution in [0.15, 0.2) is 18.6 Å². The third kappa shape index (κ3) is 1.41. The van der Waals surface area contributed by atoms with Crippen molar-refractivity contribution in [3.8, 4) is 5.88 Å². The monoisotopic (exact) mass is 179 g/mol. The maximum atomic E-state index is 10.2. The number of carboxylic acid groups (broad SMARTS) is 1. The van der Waals surface area contributed by atoms with Gasteiger partial charge in [0.25, 0.3) is 0 Å². The van der Waals surface area contributed by atoms with Crippen LogP contribution in [0.4, 0.5) is 4.79 Å². The minimum Gasteiger partial charge on any atom is -0.449 e. The molecule has 0 saturated heterocycles. The highest BCUT2D eigenvalue weighted by atomic mass is 16.7. The van der Waals surface area contributed by atoms with E-state index in [1.54, 1.807) is 0 Å². The molecule has 2 heterocycles. The fraction of sp³-hybridized carbons (Fsp3) is 0. The van der Waals surface area contributed by atoms with Crippen molar-refractivity contribution in [1.82, 2.24) is 15.0 Å². The quantitative estimate of drug-likeness (QED) is 0.638. The van der Waals surface area contributed by atoms with Crippen molar-refractivity contribution in [2.24, 2.45) is 0 Å². The van der Waals surface area contributed by atoms with Crippen molar-refractivity contribution in [2.75, 3.05) is 0 Å². The minimum absolute atomic E-state index is 0.0205. The maximum absolute atomic E-state index is 10.2. The van der Waals surface area contributed by atoms with Crippen LogP contribution in [0.1, 0.15) is 0 Å². The largest absolute Gasteiger partial charge is 0.512 e. The van der Waals surface area contributed by atoms with E-state index in [1.165, 1.54) is 18.6 Å². The molecule has 0 fully saturated rings. The number of fused-ring (bicyclic) bond motifs is 1. The summed E-state index contributed by atoms with van der Waals surface area (Å²) in [6, 6.07) is 1.44. The van der Waals surface area contributed by atoms with E-state index in [2.05, 4.69) is 19.7 Å². The molecule has 0 spiro atoms. The van der Waals surface area contributed by atoms with Crippen LogP contribution in [-0.4, -0.2) is 26.2 Å². The molecule has 0 amide bonds. The average molecular weight is 179 g/mol. The van der Waals surface area contributed by atoms with Crippen molar-refractivity contribution < 1.29 is 14.6 Å². The molecule has 2 rings (SSSR count). The number of nitrogens with one attached hydrogen (secondary N) is 1. The molecule has 0 aliphatic carbocycles. The van der Waals surface area contributed by atoms with E-state index in [-0.39, 0.29) is 5.88 Å². The average Bonchev–Trinajstić information content (AvgIpc) is 2.49. The molecule has 6 nitrogen and oxygen atoms in total. The Kier molecular flexibility index (Phi) is 1.59. The molecule has 0 atom stereocenters. The topological polar surface area (TPSA) is 88.1 Å². The smallest absolute Gasteiger partial charge is 0.449 e. The highest BCUT2D eigenvalue weighted by Crippen LogP contribution is 2.13. The number of hydrogen-bond donors (Lipinski definition) is 2. The summed E-state index contributed by atoms with van der Waals surface area (Å²) in [6.07, 6.45) is 1.57. The van der Waals surface area contributed by atoms with Gasteiger partial charge < -0.3 is 14.8 Å². The summed E-state index contributed by atoms with van der Waals surface area (Å²) < 4.78 is 4.34. The summed E-state index contributed by atoms with van der Waals surface area (Å²) in [5.41, 5.74) is 1.35. The molecule has 0 saturated carbocycles. The second kappa shape index (κ2) is 2.74. The van der Waals surface area contributed by atoms with Crippen molar-refractivity contribution >= 4 is 17.2 Å². The number of aromatic amines is 1. The summed E-state index contributed by atoms with van der Waals surface area (Å²) >= 11 is 0. The van der Waals surface area contributed by atoms with Crippen molar-refractivity contribution in [2.45, 2.75) is 0 Å². The number of rotatable bonds is 1. The van der Waals surface area contributed by atoms with Crippen LogP contribution in [0.5, 0.6) is 5.88 Å². The molecule has 0 aliphatic heterocycles. The molecule has 0 aromatic carbocycles. The molecular formula is C7H5N3O3. The Morgan fingerprint density at radius 2 is 2.38 bits per heavy atom. The molecular weight excluding hydrogens is 174 g/mol. The Labute approximate surface area is 72.2 Å². The molecule has 2 aromatic rings. The third-order valence-electron chi connectivity index (χ3n) is 1.47. The lowest BCUT2D eigenvalue weighted by Crippen LogP contribution is -2.04. The summed E-state index contributed by atoms with van der Waals surface area (Å²) in [4.78, 5) is 20.6. The van der Waals surface area contributed by atoms with Gasteiger partial charge in [0.15, 0.2) is 0 Å². The van der Waals surface area contributed by atoms with Gasteiger partial charge >= 0.3 is 6.16 Å². The SMILES string of the molecule is O=C(O)Oc1cc2nc[nH]c2cn1.